The van der Waals surface area contributed by atoms with Crippen LogP contribution in [0.2, 0.25) is 0 Å². The maximum absolute atomic E-state index is 9.72. The molecule has 108 valence electrons. The molecule has 4 heteroatoms. The third kappa shape index (κ3) is 2.43. The quantitative estimate of drug-likeness (QED) is 0.795. The van der Waals surface area contributed by atoms with Gasteiger partial charge in [0.05, 0.1) is 22.8 Å². The van der Waals surface area contributed by atoms with Crippen molar-refractivity contribution in [2.24, 2.45) is 0 Å². The van der Waals surface area contributed by atoms with Gasteiger partial charge in [-0.15, -0.1) is 0 Å². The van der Waals surface area contributed by atoms with Crippen LogP contribution in [0.15, 0.2) is 42.5 Å². The fraction of sp³-hybridized carbons (Fsp3) is 0.294. The average Bonchev–Trinajstić information content (AvgIpc) is 2.87. The van der Waals surface area contributed by atoms with E-state index in [0.29, 0.717) is 5.69 Å². The van der Waals surface area contributed by atoms with E-state index in [1.165, 1.54) is 0 Å². The normalized spacial score (nSPS) is 13.0. The first-order chi connectivity index (χ1) is 10.1. The van der Waals surface area contributed by atoms with Gasteiger partial charge in [-0.2, -0.15) is 0 Å². The SMILES string of the molecule is CC(C)n1c(-c2cccc([C@H](C)O)n2)nc2ccccc21. The van der Waals surface area contributed by atoms with E-state index in [4.69, 9.17) is 4.98 Å². The highest BCUT2D eigenvalue weighted by Gasteiger charge is 2.16. The largest absolute Gasteiger partial charge is 0.387 e. The van der Waals surface area contributed by atoms with Crippen molar-refractivity contribution in [2.75, 3.05) is 0 Å². The molecule has 0 radical (unpaired) electrons. The van der Waals surface area contributed by atoms with Crippen molar-refractivity contribution in [1.82, 2.24) is 14.5 Å². The minimum Gasteiger partial charge on any atom is -0.387 e. The molecule has 1 atom stereocenters. The van der Waals surface area contributed by atoms with Crippen LogP contribution < -0.4 is 0 Å². The standard InChI is InChI=1S/C17H19N3O/c1-11(2)20-16-10-5-4-7-14(16)19-17(20)15-9-6-8-13(18-15)12(3)21/h4-12,21H,1-3H3/t12-/m0/s1. The van der Waals surface area contributed by atoms with Crippen molar-refractivity contribution < 1.29 is 5.11 Å². The number of hydrogen-bond acceptors (Lipinski definition) is 3. The minimum absolute atomic E-state index is 0.282. The summed E-state index contributed by atoms with van der Waals surface area (Å²) in [6, 6.07) is 14.1. The number of pyridine rings is 1. The molecule has 1 N–H and O–H groups in total. The third-order valence-corrected chi connectivity index (χ3v) is 3.54. The lowest BCUT2D eigenvalue weighted by atomic mass is 10.2. The molecule has 1 aromatic carbocycles. The molecule has 21 heavy (non-hydrogen) atoms. The molecule has 0 saturated heterocycles. The highest BCUT2D eigenvalue weighted by Crippen LogP contribution is 2.27. The Bertz CT molecular complexity index is 775. The van der Waals surface area contributed by atoms with Crippen LogP contribution in [0.5, 0.6) is 0 Å². The lowest BCUT2D eigenvalue weighted by Crippen LogP contribution is -2.05. The van der Waals surface area contributed by atoms with Crippen LogP contribution >= 0.6 is 0 Å². The van der Waals surface area contributed by atoms with Crippen molar-refractivity contribution in [1.29, 1.82) is 0 Å². The first kappa shape index (κ1) is 13.8. The summed E-state index contributed by atoms with van der Waals surface area (Å²) in [6.07, 6.45) is -0.582. The molecule has 0 saturated carbocycles. The molecule has 2 aromatic heterocycles. The molecule has 4 nitrogen and oxygen atoms in total. The summed E-state index contributed by atoms with van der Waals surface area (Å²) >= 11 is 0. The second kappa shape index (κ2) is 5.30. The van der Waals surface area contributed by atoms with Crippen LogP contribution in [0, 0.1) is 0 Å². The van der Waals surface area contributed by atoms with Gasteiger partial charge in [-0.3, -0.25) is 0 Å². The molecule has 3 aromatic rings. The van der Waals surface area contributed by atoms with Gasteiger partial charge >= 0.3 is 0 Å². The Labute approximate surface area is 124 Å². The number of nitrogens with zero attached hydrogens (tertiary/aromatic N) is 3. The van der Waals surface area contributed by atoms with Gasteiger partial charge in [-0.25, -0.2) is 9.97 Å². The number of imidazole rings is 1. The van der Waals surface area contributed by atoms with Gasteiger partial charge in [0.25, 0.3) is 0 Å². The van der Waals surface area contributed by atoms with Gasteiger partial charge in [-0.1, -0.05) is 18.2 Å². The molecule has 2 heterocycles. The van der Waals surface area contributed by atoms with Crippen LogP contribution in [0.25, 0.3) is 22.6 Å². The Morgan fingerprint density at radius 3 is 2.43 bits per heavy atom. The summed E-state index contributed by atoms with van der Waals surface area (Å²) in [5.74, 6) is 0.841. The summed E-state index contributed by atoms with van der Waals surface area (Å²) in [5, 5.41) is 9.72. The Kier molecular flexibility index (Phi) is 3.47. The highest BCUT2D eigenvalue weighted by molar-refractivity contribution is 5.80. The van der Waals surface area contributed by atoms with E-state index >= 15 is 0 Å². The fourth-order valence-corrected chi connectivity index (χ4v) is 2.56. The molecule has 3 rings (SSSR count). The van der Waals surface area contributed by atoms with Crippen molar-refractivity contribution in [3.63, 3.8) is 0 Å². The number of aliphatic hydroxyl groups is 1. The van der Waals surface area contributed by atoms with Gasteiger partial charge in [0, 0.05) is 6.04 Å². The number of aliphatic hydroxyl groups excluding tert-OH is 1. The summed E-state index contributed by atoms with van der Waals surface area (Å²) in [4.78, 5) is 9.27. The lowest BCUT2D eigenvalue weighted by Gasteiger charge is -2.13. The summed E-state index contributed by atoms with van der Waals surface area (Å²) in [6.45, 7) is 5.99. The summed E-state index contributed by atoms with van der Waals surface area (Å²) < 4.78 is 2.18. The third-order valence-electron chi connectivity index (χ3n) is 3.54. The molecule has 0 spiro atoms. The molecule has 0 aliphatic carbocycles. The number of rotatable bonds is 3. The number of para-hydroxylation sites is 2. The number of fused-ring (bicyclic) bond motifs is 1. The Morgan fingerprint density at radius 2 is 1.71 bits per heavy atom. The van der Waals surface area contributed by atoms with Crippen LogP contribution in [0.1, 0.15) is 38.6 Å². The Morgan fingerprint density at radius 1 is 0.952 bits per heavy atom. The molecule has 0 unspecified atom stereocenters. The van der Waals surface area contributed by atoms with Crippen LogP contribution in [-0.2, 0) is 0 Å². The smallest absolute Gasteiger partial charge is 0.160 e. The van der Waals surface area contributed by atoms with Gasteiger partial charge in [0.1, 0.15) is 5.69 Å². The van der Waals surface area contributed by atoms with E-state index in [9.17, 15) is 5.11 Å². The number of benzene rings is 1. The zero-order valence-corrected chi connectivity index (χ0v) is 12.5. The van der Waals surface area contributed by atoms with Gasteiger partial charge in [-0.05, 0) is 45.0 Å². The molecule has 0 amide bonds. The van der Waals surface area contributed by atoms with E-state index in [2.05, 4.69) is 29.5 Å². The monoisotopic (exact) mass is 281 g/mol. The van der Waals surface area contributed by atoms with E-state index in [-0.39, 0.29) is 6.04 Å². The number of aromatic nitrogens is 3. The summed E-state index contributed by atoms with van der Waals surface area (Å²) in [5.41, 5.74) is 3.52. The molecule has 0 aliphatic heterocycles. The maximum Gasteiger partial charge on any atom is 0.160 e. The Hall–Kier alpha value is -2.20. The zero-order chi connectivity index (χ0) is 15.0. The van der Waals surface area contributed by atoms with Crippen LogP contribution in [0.4, 0.5) is 0 Å². The maximum atomic E-state index is 9.72. The van der Waals surface area contributed by atoms with Gasteiger partial charge < -0.3 is 9.67 Å². The van der Waals surface area contributed by atoms with E-state index in [1.807, 2.05) is 36.4 Å². The van der Waals surface area contributed by atoms with Crippen molar-refractivity contribution in [3.8, 4) is 11.5 Å². The van der Waals surface area contributed by atoms with E-state index in [1.54, 1.807) is 6.92 Å². The molecular formula is C17H19N3O. The Balaban J connectivity index is 2.24. The molecular weight excluding hydrogens is 262 g/mol. The second-order valence-corrected chi connectivity index (χ2v) is 5.51. The second-order valence-electron chi connectivity index (χ2n) is 5.51. The molecule has 0 aliphatic rings. The first-order valence-electron chi connectivity index (χ1n) is 7.20. The van der Waals surface area contributed by atoms with Gasteiger partial charge in [0.2, 0.25) is 0 Å². The summed E-state index contributed by atoms with van der Waals surface area (Å²) in [7, 11) is 0. The van der Waals surface area contributed by atoms with Crippen molar-refractivity contribution in [3.05, 3.63) is 48.2 Å². The molecule has 0 bridgehead atoms. The minimum atomic E-state index is -0.582. The predicted octanol–water partition coefficient (Wildman–Crippen LogP) is 3.73. The highest BCUT2D eigenvalue weighted by atomic mass is 16.3. The van der Waals surface area contributed by atoms with Crippen molar-refractivity contribution >= 4 is 11.0 Å². The molecule has 0 fully saturated rings. The number of hydrogen-bond donors (Lipinski definition) is 1. The van der Waals surface area contributed by atoms with Crippen molar-refractivity contribution in [2.45, 2.75) is 32.9 Å². The van der Waals surface area contributed by atoms with Gasteiger partial charge in [0.15, 0.2) is 5.82 Å². The topological polar surface area (TPSA) is 50.9 Å². The van der Waals surface area contributed by atoms with E-state index in [0.717, 1.165) is 22.6 Å². The average molecular weight is 281 g/mol. The predicted molar refractivity (Wildman–Crippen MR) is 84.0 cm³/mol. The van der Waals surface area contributed by atoms with Crippen LogP contribution in [0.3, 0.4) is 0 Å². The van der Waals surface area contributed by atoms with E-state index < -0.39 is 6.10 Å². The zero-order valence-electron chi connectivity index (χ0n) is 12.5. The lowest BCUT2D eigenvalue weighted by molar-refractivity contribution is 0.194. The van der Waals surface area contributed by atoms with Crippen LogP contribution in [-0.4, -0.2) is 19.6 Å². The fourth-order valence-electron chi connectivity index (χ4n) is 2.56. The first-order valence-corrected chi connectivity index (χ1v) is 7.20.